The summed E-state index contributed by atoms with van der Waals surface area (Å²) >= 11 is 0. The van der Waals surface area contributed by atoms with Crippen molar-refractivity contribution in [3.05, 3.63) is 66.2 Å². The van der Waals surface area contributed by atoms with Gasteiger partial charge in [-0.3, -0.25) is 4.79 Å². The standard InChI is InChI=1S/C20H25NO4S/c22-20(23)16-10-2-1-9-15-19(17-11-5-3-6-12-17)21-26(24,25)18-13-7-4-8-14-18/h3-8,11-14,19,21H,1-2,9-10,15-16H2,(H,22,23). The second kappa shape index (κ2) is 10.1. The topological polar surface area (TPSA) is 83.5 Å². The molecule has 0 aromatic heterocycles. The van der Waals surface area contributed by atoms with Crippen LogP contribution in [0.2, 0.25) is 0 Å². The molecule has 140 valence electrons. The van der Waals surface area contributed by atoms with E-state index in [-0.39, 0.29) is 17.4 Å². The zero-order valence-corrected chi connectivity index (χ0v) is 15.5. The summed E-state index contributed by atoms with van der Waals surface area (Å²) in [7, 11) is -3.59. The average molecular weight is 375 g/mol. The molecule has 2 rings (SSSR count). The second-order valence-corrected chi connectivity index (χ2v) is 7.96. The first-order valence-electron chi connectivity index (χ1n) is 8.83. The summed E-state index contributed by atoms with van der Waals surface area (Å²) in [6.07, 6.45) is 4.05. The minimum atomic E-state index is -3.59. The van der Waals surface area contributed by atoms with Crippen LogP contribution in [0.25, 0.3) is 0 Å². The molecule has 0 heterocycles. The summed E-state index contributed by atoms with van der Waals surface area (Å²) in [4.78, 5) is 10.8. The highest BCUT2D eigenvalue weighted by Crippen LogP contribution is 2.23. The molecule has 0 aliphatic carbocycles. The fourth-order valence-electron chi connectivity index (χ4n) is 2.81. The van der Waals surface area contributed by atoms with Gasteiger partial charge in [0.1, 0.15) is 0 Å². The molecule has 6 heteroatoms. The van der Waals surface area contributed by atoms with E-state index >= 15 is 0 Å². The van der Waals surface area contributed by atoms with Gasteiger partial charge in [0.05, 0.1) is 4.90 Å². The highest BCUT2D eigenvalue weighted by Gasteiger charge is 2.20. The SMILES string of the molecule is O=C(O)CCCCCCC(NS(=O)(=O)c1ccccc1)c1ccccc1. The van der Waals surface area contributed by atoms with Gasteiger partial charge < -0.3 is 5.11 Å². The van der Waals surface area contributed by atoms with Crippen molar-refractivity contribution in [2.45, 2.75) is 49.5 Å². The highest BCUT2D eigenvalue weighted by atomic mass is 32.2. The predicted octanol–water partition coefficient (Wildman–Crippen LogP) is 4.13. The van der Waals surface area contributed by atoms with Crippen LogP contribution < -0.4 is 4.72 Å². The van der Waals surface area contributed by atoms with Gasteiger partial charge in [0.2, 0.25) is 10.0 Å². The Labute approximate surface area is 155 Å². The third-order valence-electron chi connectivity index (χ3n) is 4.19. The Morgan fingerprint density at radius 2 is 1.46 bits per heavy atom. The van der Waals surface area contributed by atoms with Crippen molar-refractivity contribution < 1.29 is 18.3 Å². The van der Waals surface area contributed by atoms with Crippen LogP contribution in [-0.2, 0) is 14.8 Å². The molecule has 1 unspecified atom stereocenters. The smallest absolute Gasteiger partial charge is 0.303 e. The molecule has 26 heavy (non-hydrogen) atoms. The van der Waals surface area contributed by atoms with Gasteiger partial charge in [-0.1, -0.05) is 67.8 Å². The van der Waals surface area contributed by atoms with Crippen molar-refractivity contribution in [3.8, 4) is 0 Å². The molecule has 0 fully saturated rings. The van der Waals surface area contributed by atoms with Crippen molar-refractivity contribution in [2.75, 3.05) is 0 Å². The molecule has 0 saturated heterocycles. The lowest BCUT2D eigenvalue weighted by Crippen LogP contribution is -2.28. The lowest BCUT2D eigenvalue weighted by Gasteiger charge is -2.19. The Hall–Kier alpha value is -2.18. The van der Waals surface area contributed by atoms with Crippen molar-refractivity contribution in [2.24, 2.45) is 0 Å². The number of hydrogen-bond acceptors (Lipinski definition) is 3. The fraction of sp³-hybridized carbons (Fsp3) is 0.350. The van der Waals surface area contributed by atoms with Gasteiger partial charge in [-0.15, -0.1) is 0 Å². The molecule has 0 radical (unpaired) electrons. The number of benzene rings is 2. The summed E-state index contributed by atoms with van der Waals surface area (Å²) in [5.74, 6) is -0.775. The summed E-state index contributed by atoms with van der Waals surface area (Å²) in [6.45, 7) is 0. The van der Waals surface area contributed by atoms with E-state index in [2.05, 4.69) is 4.72 Å². The van der Waals surface area contributed by atoms with Crippen molar-refractivity contribution in [3.63, 3.8) is 0 Å². The summed E-state index contributed by atoms with van der Waals surface area (Å²) in [5.41, 5.74) is 0.928. The largest absolute Gasteiger partial charge is 0.481 e. The van der Waals surface area contributed by atoms with Crippen LogP contribution >= 0.6 is 0 Å². The molecule has 0 spiro atoms. The monoisotopic (exact) mass is 375 g/mol. The van der Waals surface area contributed by atoms with E-state index in [1.807, 2.05) is 30.3 Å². The number of sulfonamides is 1. The third-order valence-corrected chi connectivity index (χ3v) is 5.67. The molecule has 2 N–H and O–H groups in total. The summed E-state index contributed by atoms with van der Waals surface area (Å²) in [6, 6.07) is 17.6. The number of nitrogens with one attached hydrogen (secondary N) is 1. The van der Waals surface area contributed by atoms with E-state index in [1.165, 1.54) is 0 Å². The maximum absolute atomic E-state index is 12.6. The molecule has 0 amide bonds. The minimum absolute atomic E-state index is 0.183. The normalized spacial score (nSPS) is 12.6. The Balaban J connectivity index is 2.00. The van der Waals surface area contributed by atoms with Crippen molar-refractivity contribution in [1.29, 1.82) is 0 Å². The average Bonchev–Trinajstić information content (AvgIpc) is 2.64. The van der Waals surface area contributed by atoms with Gasteiger partial charge in [-0.25, -0.2) is 13.1 Å². The number of unbranched alkanes of at least 4 members (excludes halogenated alkanes) is 3. The van der Waals surface area contributed by atoms with Crippen LogP contribution in [-0.4, -0.2) is 19.5 Å². The Kier molecular flexibility index (Phi) is 7.81. The van der Waals surface area contributed by atoms with E-state index in [1.54, 1.807) is 30.3 Å². The molecule has 0 bridgehead atoms. The Bertz CT molecular complexity index is 776. The van der Waals surface area contributed by atoms with Crippen LogP contribution in [0.5, 0.6) is 0 Å². The van der Waals surface area contributed by atoms with Gasteiger partial charge in [0.25, 0.3) is 0 Å². The van der Waals surface area contributed by atoms with E-state index in [4.69, 9.17) is 5.11 Å². The van der Waals surface area contributed by atoms with Gasteiger partial charge in [-0.2, -0.15) is 0 Å². The van der Waals surface area contributed by atoms with Gasteiger partial charge in [-0.05, 0) is 30.5 Å². The molecule has 1 atom stereocenters. The molecule has 2 aromatic rings. The Morgan fingerprint density at radius 1 is 0.885 bits per heavy atom. The minimum Gasteiger partial charge on any atom is -0.481 e. The van der Waals surface area contributed by atoms with E-state index in [9.17, 15) is 13.2 Å². The fourth-order valence-corrected chi connectivity index (χ4v) is 4.09. The van der Waals surface area contributed by atoms with Crippen LogP contribution in [0.15, 0.2) is 65.6 Å². The lowest BCUT2D eigenvalue weighted by molar-refractivity contribution is -0.137. The van der Waals surface area contributed by atoms with Crippen LogP contribution in [0.3, 0.4) is 0 Å². The first-order chi connectivity index (χ1) is 12.5. The van der Waals surface area contributed by atoms with Crippen molar-refractivity contribution >= 4 is 16.0 Å². The van der Waals surface area contributed by atoms with Crippen molar-refractivity contribution in [1.82, 2.24) is 4.72 Å². The number of rotatable bonds is 11. The van der Waals surface area contributed by atoms with Crippen LogP contribution in [0, 0.1) is 0 Å². The van der Waals surface area contributed by atoms with Gasteiger partial charge >= 0.3 is 5.97 Å². The number of carboxylic acid groups (broad SMARTS) is 1. The first-order valence-corrected chi connectivity index (χ1v) is 10.3. The number of carbonyl (C=O) groups is 1. The molecule has 0 saturated carbocycles. The lowest BCUT2D eigenvalue weighted by atomic mass is 10.0. The number of carboxylic acids is 1. The summed E-state index contributed by atoms with van der Waals surface area (Å²) in [5, 5.41) is 8.67. The number of aliphatic carboxylic acids is 1. The maximum atomic E-state index is 12.6. The molecule has 5 nitrogen and oxygen atoms in total. The Morgan fingerprint density at radius 3 is 2.08 bits per heavy atom. The van der Waals surface area contributed by atoms with E-state index in [0.29, 0.717) is 12.8 Å². The highest BCUT2D eigenvalue weighted by molar-refractivity contribution is 7.89. The van der Waals surface area contributed by atoms with Gasteiger partial charge in [0.15, 0.2) is 0 Å². The maximum Gasteiger partial charge on any atom is 0.303 e. The van der Waals surface area contributed by atoms with Crippen LogP contribution in [0.4, 0.5) is 0 Å². The molecule has 2 aromatic carbocycles. The molecular formula is C20H25NO4S. The predicted molar refractivity (Wildman–Crippen MR) is 101 cm³/mol. The first kappa shape index (κ1) is 20.1. The van der Waals surface area contributed by atoms with E-state index < -0.39 is 16.0 Å². The van der Waals surface area contributed by atoms with Crippen LogP contribution in [0.1, 0.15) is 50.1 Å². The second-order valence-electron chi connectivity index (χ2n) is 6.24. The quantitative estimate of drug-likeness (QED) is 0.578. The summed E-state index contributed by atoms with van der Waals surface area (Å²) < 4.78 is 28.1. The zero-order valence-electron chi connectivity index (χ0n) is 14.7. The molecule has 0 aliphatic rings. The molecule has 0 aliphatic heterocycles. The van der Waals surface area contributed by atoms with E-state index in [0.717, 1.165) is 24.8 Å². The number of hydrogen-bond donors (Lipinski definition) is 2. The molecular weight excluding hydrogens is 350 g/mol. The zero-order chi connectivity index (χ0) is 18.8. The van der Waals surface area contributed by atoms with Gasteiger partial charge in [0, 0.05) is 12.5 Å². The third kappa shape index (κ3) is 6.61.